The van der Waals surface area contributed by atoms with Crippen LogP contribution in [0.15, 0.2) is 23.1 Å². The molecule has 2 aromatic heterocycles. The van der Waals surface area contributed by atoms with Crippen molar-refractivity contribution in [3.05, 3.63) is 24.5 Å². The molecule has 0 radical (unpaired) electrons. The van der Waals surface area contributed by atoms with E-state index in [1.165, 1.54) is 0 Å². The van der Waals surface area contributed by atoms with E-state index in [-0.39, 0.29) is 12.0 Å². The number of hydrogen-bond acceptors (Lipinski definition) is 7. The second-order valence-electron chi connectivity index (χ2n) is 7.24. The maximum Gasteiger partial charge on any atom is 0.410 e. The molecule has 8 heteroatoms. The van der Waals surface area contributed by atoms with E-state index < -0.39 is 5.60 Å². The van der Waals surface area contributed by atoms with Crippen molar-refractivity contribution in [1.29, 1.82) is 0 Å². The molecule has 1 fully saturated rings. The first-order valence-corrected chi connectivity index (χ1v) is 8.47. The topological polar surface area (TPSA) is 94.2 Å². The van der Waals surface area contributed by atoms with Crippen molar-refractivity contribution in [3.8, 4) is 11.5 Å². The van der Waals surface area contributed by atoms with Crippen LogP contribution in [-0.4, -0.2) is 49.8 Å². The summed E-state index contributed by atoms with van der Waals surface area (Å²) in [6.07, 6.45) is 7.11. The van der Waals surface area contributed by atoms with Gasteiger partial charge in [0.25, 0.3) is 0 Å². The minimum absolute atomic E-state index is 0.261. The summed E-state index contributed by atoms with van der Waals surface area (Å²) in [5.74, 6) is 1.26. The molecule has 0 aliphatic carbocycles. The highest BCUT2D eigenvalue weighted by Crippen LogP contribution is 2.23. The van der Waals surface area contributed by atoms with Gasteiger partial charge in [0.15, 0.2) is 0 Å². The minimum Gasteiger partial charge on any atom is -0.444 e. The average Bonchev–Trinajstić information content (AvgIpc) is 3.03. The first kappa shape index (κ1) is 17.3. The molecule has 1 atom stereocenters. The van der Waals surface area contributed by atoms with E-state index >= 15 is 0 Å². The van der Waals surface area contributed by atoms with Crippen molar-refractivity contribution in [2.24, 2.45) is 5.92 Å². The third kappa shape index (κ3) is 4.74. The number of carbonyl (C=O) groups is 1. The summed E-state index contributed by atoms with van der Waals surface area (Å²) in [7, 11) is 0. The van der Waals surface area contributed by atoms with E-state index in [1.54, 1.807) is 23.5 Å². The van der Waals surface area contributed by atoms with Crippen molar-refractivity contribution in [3.63, 3.8) is 0 Å². The second-order valence-corrected chi connectivity index (χ2v) is 7.24. The number of nitrogens with zero attached hydrogens (tertiary/aromatic N) is 5. The van der Waals surface area contributed by atoms with Crippen molar-refractivity contribution < 1.29 is 14.1 Å². The largest absolute Gasteiger partial charge is 0.444 e. The number of ether oxygens (including phenoxy) is 1. The smallest absolute Gasteiger partial charge is 0.410 e. The summed E-state index contributed by atoms with van der Waals surface area (Å²) < 4.78 is 10.8. The maximum absolute atomic E-state index is 12.2. The molecular weight excluding hydrogens is 322 g/mol. The van der Waals surface area contributed by atoms with Crippen molar-refractivity contribution in [2.75, 3.05) is 13.1 Å². The van der Waals surface area contributed by atoms with Crippen LogP contribution in [-0.2, 0) is 11.2 Å². The van der Waals surface area contributed by atoms with Gasteiger partial charge in [-0.25, -0.2) is 9.78 Å². The second kappa shape index (κ2) is 7.16. The van der Waals surface area contributed by atoms with Crippen LogP contribution < -0.4 is 0 Å². The third-order valence-corrected chi connectivity index (χ3v) is 3.89. The number of carbonyl (C=O) groups excluding carboxylic acids is 1. The highest BCUT2D eigenvalue weighted by atomic mass is 16.6. The van der Waals surface area contributed by atoms with Crippen LogP contribution in [0, 0.1) is 5.92 Å². The summed E-state index contributed by atoms with van der Waals surface area (Å²) in [6, 6.07) is 0. The number of amides is 1. The first-order chi connectivity index (χ1) is 11.9. The van der Waals surface area contributed by atoms with Gasteiger partial charge in [0.05, 0.1) is 6.20 Å². The van der Waals surface area contributed by atoms with Gasteiger partial charge in [-0.3, -0.25) is 4.98 Å². The summed E-state index contributed by atoms with van der Waals surface area (Å²) in [6.45, 7) is 6.98. The number of aromatic nitrogens is 4. The van der Waals surface area contributed by atoms with Gasteiger partial charge in [-0.05, 0) is 39.5 Å². The molecule has 0 spiro atoms. The monoisotopic (exact) mass is 345 g/mol. The SMILES string of the molecule is CC(C)(C)OC(=O)N1CCC[C@@H](Cc2nc(-c3cnccn3)no2)C1. The number of rotatable bonds is 3. The molecule has 0 bridgehead atoms. The highest BCUT2D eigenvalue weighted by Gasteiger charge is 2.28. The zero-order valence-corrected chi connectivity index (χ0v) is 14.8. The van der Waals surface area contributed by atoms with Gasteiger partial charge in [0.1, 0.15) is 11.3 Å². The van der Waals surface area contributed by atoms with Gasteiger partial charge in [0.2, 0.25) is 11.7 Å². The summed E-state index contributed by atoms with van der Waals surface area (Å²) in [4.78, 5) is 26.6. The van der Waals surface area contributed by atoms with E-state index in [0.717, 1.165) is 19.4 Å². The van der Waals surface area contributed by atoms with Crippen LogP contribution in [0.5, 0.6) is 0 Å². The molecule has 134 valence electrons. The van der Waals surface area contributed by atoms with Gasteiger partial charge in [-0.1, -0.05) is 5.16 Å². The van der Waals surface area contributed by atoms with E-state index in [2.05, 4.69) is 20.1 Å². The maximum atomic E-state index is 12.2. The Morgan fingerprint density at radius 3 is 2.96 bits per heavy atom. The summed E-state index contributed by atoms with van der Waals surface area (Å²) in [5.41, 5.74) is 0.0961. The molecule has 1 aliphatic rings. The van der Waals surface area contributed by atoms with Crippen LogP contribution in [0.3, 0.4) is 0 Å². The van der Waals surface area contributed by atoms with E-state index in [0.29, 0.717) is 30.4 Å². The zero-order chi connectivity index (χ0) is 17.9. The lowest BCUT2D eigenvalue weighted by molar-refractivity contribution is 0.0162. The number of piperidine rings is 1. The number of hydrogen-bond donors (Lipinski definition) is 0. The lowest BCUT2D eigenvalue weighted by Gasteiger charge is -2.33. The molecule has 3 heterocycles. The highest BCUT2D eigenvalue weighted by molar-refractivity contribution is 5.68. The molecule has 1 aliphatic heterocycles. The van der Waals surface area contributed by atoms with E-state index in [9.17, 15) is 4.79 Å². The molecule has 0 unspecified atom stereocenters. The number of likely N-dealkylation sites (tertiary alicyclic amines) is 1. The molecule has 0 aromatic carbocycles. The van der Waals surface area contributed by atoms with Crippen LogP contribution in [0.25, 0.3) is 11.5 Å². The predicted molar refractivity (Wildman–Crippen MR) is 89.6 cm³/mol. The summed E-state index contributed by atoms with van der Waals surface area (Å²) in [5, 5.41) is 3.96. The molecule has 3 rings (SSSR count). The fraction of sp³-hybridized carbons (Fsp3) is 0.588. The first-order valence-electron chi connectivity index (χ1n) is 8.47. The summed E-state index contributed by atoms with van der Waals surface area (Å²) >= 11 is 0. The van der Waals surface area contributed by atoms with Crippen molar-refractivity contribution in [1.82, 2.24) is 25.0 Å². The van der Waals surface area contributed by atoms with E-state index in [4.69, 9.17) is 9.26 Å². The molecule has 1 saturated heterocycles. The van der Waals surface area contributed by atoms with Gasteiger partial charge >= 0.3 is 6.09 Å². The van der Waals surface area contributed by atoms with Crippen LogP contribution >= 0.6 is 0 Å². The molecule has 0 saturated carbocycles. The average molecular weight is 345 g/mol. The molecule has 2 aromatic rings. The van der Waals surface area contributed by atoms with Gasteiger partial charge in [-0.15, -0.1) is 0 Å². The van der Waals surface area contributed by atoms with Crippen molar-refractivity contribution in [2.45, 2.75) is 45.6 Å². The van der Waals surface area contributed by atoms with Gasteiger partial charge in [0, 0.05) is 31.9 Å². The lowest BCUT2D eigenvalue weighted by Crippen LogP contribution is -2.43. The molecule has 1 amide bonds. The Balaban J connectivity index is 1.60. The van der Waals surface area contributed by atoms with Gasteiger partial charge < -0.3 is 14.2 Å². The van der Waals surface area contributed by atoms with Crippen LogP contribution in [0.2, 0.25) is 0 Å². The lowest BCUT2D eigenvalue weighted by atomic mass is 9.95. The normalized spacial score (nSPS) is 18.2. The standard InChI is InChI=1S/C17H23N5O3/c1-17(2,3)24-16(23)22-8-4-5-12(11-22)9-14-20-15(21-25-14)13-10-18-6-7-19-13/h6-7,10,12H,4-5,8-9,11H2,1-3H3/t12-/m0/s1. The Hall–Kier alpha value is -2.51. The Morgan fingerprint density at radius 1 is 1.40 bits per heavy atom. The predicted octanol–water partition coefficient (Wildman–Crippen LogP) is 2.72. The molecule has 8 nitrogen and oxygen atoms in total. The fourth-order valence-electron chi connectivity index (χ4n) is 2.83. The zero-order valence-electron chi connectivity index (χ0n) is 14.8. The fourth-order valence-corrected chi connectivity index (χ4v) is 2.83. The van der Waals surface area contributed by atoms with E-state index in [1.807, 2.05) is 20.8 Å². The van der Waals surface area contributed by atoms with Crippen LogP contribution in [0.1, 0.15) is 39.5 Å². The molecule has 25 heavy (non-hydrogen) atoms. The Bertz CT molecular complexity index is 711. The Kier molecular flexibility index (Phi) is 4.96. The molecular formula is C17H23N5O3. The Labute approximate surface area is 146 Å². The third-order valence-electron chi connectivity index (χ3n) is 3.89. The Morgan fingerprint density at radius 2 is 2.24 bits per heavy atom. The quantitative estimate of drug-likeness (QED) is 0.844. The van der Waals surface area contributed by atoms with Gasteiger partial charge in [-0.2, -0.15) is 4.98 Å². The van der Waals surface area contributed by atoms with Crippen LogP contribution in [0.4, 0.5) is 4.79 Å². The minimum atomic E-state index is -0.484. The van der Waals surface area contributed by atoms with Crippen molar-refractivity contribution >= 4 is 6.09 Å². The molecule has 0 N–H and O–H groups in total.